The highest BCUT2D eigenvalue weighted by atomic mass is 32.2. The van der Waals surface area contributed by atoms with E-state index in [2.05, 4.69) is 0 Å². The van der Waals surface area contributed by atoms with Gasteiger partial charge in [-0.1, -0.05) is 12.1 Å². The number of hydrogen-bond donors (Lipinski definition) is 0. The van der Waals surface area contributed by atoms with Crippen molar-refractivity contribution in [2.75, 3.05) is 43.4 Å². The third-order valence-electron chi connectivity index (χ3n) is 3.73. The highest BCUT2D eigenvalue weighted by molar-refractivity contribution is 7.92. The van der Waals surface area contributed by atoms with E-state index in [4.69, 9.17) is 9.47 Å². The highest BCUT2D eigenvalue weighted by Crippen LogP contribution is 2.34. The Balaban J connectivity index is 1.88. The molecule has 22 heavy (non-hydrogen) atoms. The molecule has 1 saturated heterocycles. The number of benzene rings is 1. The molecule has 7 nitrogen and oxygen atoms in total. The summed E-state index contributed by atoms with van der Waals surface area (Å²) in [7, 11) is -3.48. The van der Waals surface area contributed by atoms with Crippen molar-refractivity contribution in [3.05, 3.63) is 24.3 Å². The Bertz CT molecular complexity index is 670. The molecule has 8 heteroatoms. The van der Waals surface area contributed by atoms with Crippen LogP contribution >= 0.6 is 0 Å². The Morgan fingerprint density at radius 2 is 1.91 bits per heavy atom. The smallest absolute Gasteiger partial charge is 0.265 e. The molecule has 3 rings (SSSR count). The van der Waals surface area contributed by atoms with Gasteiger partial charge in [0.05, 0.1) is 31.7 Å². The Hall–Kier alpha value is -1.80. The molecule has 1 aromatic rings. The van der Waals surface area contributed by atoms with Crippen LogP contribution in [0.25, 0.3) is 0 Å². The van der Waals surface area contributed by atoms with Crippen LogP contribution in [0.4, 0.5) is 5.69 Å². The number of amides is 1. The molecule has 1 atom stereocenters. The minimum atomic E-state index is -3.48. The van der Waals surface area contributed by atoms with E-state index in [1.807, 2.05) is 0 Å². The lowest BCUT2D eigenvalue weighted by atomic mass is 10.2. The van der Waals surface area contributed by atoms with Gasteiger partial charge in [-0.15, -0.1) is 0 Å². The summed E-state index contributed by atoms with van der Waals surface area (Å²) in [6.07, 6.45) is 0.300. The van der Waals surface area contributed by atoms with Gasteiger partial charge in [0.15, 0.2) is 6.10 Å². The third kappa shape index (κ3) is 2.89. The fraction of sp³-hybridized carbons (Fsp3) is 0.500. The maximum Gasteiger partial charge on any atom is 0.265 e. The maximum absolute atomic E-state index is 12.6. The monoisotopic (exact) mass is 326 g/mol. The molecule has 0 saturated carbocycles. The van der Waals surface area contributed by atoms with Gasteiger partial charge in [-0.25, -0.2) is 8.42 Å². The lowest BCUT2D eigenvalue weighted by Gasteiger charge is -2.37. The first kappa shape index (κ1) is 15.1. The lowest BCUT2D eigenvalue weighted by molar-refractivity contribution is -0.142. The second kappa shape index (κ2) is 5.77. The molecule has 0 N–H and O–H groups in total. The van der Waals surface area contributed by atoms with E-state index in [1.165, 1.54) is 4.31 Å². The van der Waals surface area contributed by atoms with Gasteiger partial charge in [0.1, 0.15) is 5.75 Å². The molecule has 0 radical (unpaired) electrons. The van der Waals surface area contributed by atoms with Crippen LogP contribution in [0.15, 0.2) is 24.3 Å². The Kier molecular flexibility index (Phi) is 3.96. The molecule has 2 aliphatic rings. The van der Waals surface area contributed by atoms with E-state index in [1.54, 1.807) is 29.2 Å². The van der Waals surface area contributed by atoms with Crippen molar-refractivity contribution in [1.82, 2.24) is 4.90 Å². The molecule has 0 unspecified atom stereocenters. The number of carbonyl (C=O) groups is 1. The van der Waals surface area contributed by atoms with E-state index in [0.717, 1.165) is 6.26 Å². The zero-order valence-electron chi connectivity index (χ0n) is 12.3. The molecule has 2 heterocycles. The number of anilines is 1. The van der Waals surface area contributed by atoms with Crippen molar-refractivity contribution < 1.29 is 22.7 Å². The molecular weight excluding hydrogens is 308 g/mol. The van der Waals surface area contributed by atoms with Crippen LogP contribution in [0.2, 0.25) is 0 Å². The first-order valence-corrected chi connectivity index (χ1v) is 8.91. The molecule has 1 amide bonds. The lowest BCUT2D eigenvalue weighted by Crippen LogP contribution is -2.53. The first-order valence-electron chi connectivity index (χ1n) is 7.07. The van der Waals surface area contributed by atoms with E-state index >= 15 is 0 Å². The van der Waals surface area contributed by atoms with Gasteiger partial charge in [0.25, 0.3) is 5.91 Å². The fourth-order valence-electron chi connectivity index (χ4n) is 2.63. The molecule has 0 bridgehead atoms. The van der Waals surface area contributed by atoms with Crippen molar-refractivity contribution >= 4 is 21.6 Å². The highest BCUT2D eigenvalue weighted by Gasteiger charge is 2.37. The maximum atomic E-state index is 12.6. The summed E-state index contributed by atoms with van der Waals surface area (Å²) >= 11 is 0. The second-order valence-electron chi connectivity index (χ2n) is 5.31. The minimum absolute atomic E-state index is 0.00790. The van der Waals surface area contributed by atoms with Crippen LogP contribution in [-0.2, 0) is 19.6 Å². The van der Waals surface area contributed by atoms with E-state index in [0.29, 0.717) is 37.7 Å². The van der Waals surface area contributed by atoms with E-state index in [-0.39, 0.29) is 12.5 Å². The number of para-hydroxylation sites is 2. The fourth-order valence-corrected chi connectivity index (χ4v) is 3.55. The normalized spacial score (nSPS) is 22.0. The van der Waals surface area contributed by atoms with Gasteiger partial charge in [-0.3, -0.25) is 9.10 Å². The number of carbonyl (C=O) groups excluding carboxylic acids is 1. The number of fused-ring (bicyclic) bond motifs is 1. The summed E-state index contributed by atoms with van der Waals surface area (Å²) < 4.78 is 36.2. The van der Waals surface area contributed by atoms with Gasteiger partial charge in [0, 0.05) is 13.1 Å². The molecule has 0 aliphatic carbocycles. The Morgan fingerprint density at radius 3 is 2.59 bits per heavy atom. The number of ether oxygens (including phenoxy) is 2. The van der Waals surface area contributed by atoms with E-state index < -0.39 is 16.1 Å². The van der Waals surface area contributed by atoms with Crippen molar-refractivity contribution in [1.29, 1.82) is 0 Å². The van der Waals surface area contributed by atoms with Gasteiger partial charge < -0.3 is 14.4 Å². The van der Waals surface area contributed by atoms with Gasteiger partial charge >= 0.3 is 0 Å². The molecule has 0 aromatic heterocycles. The number of hydrogen-bond acceptors (Lipinski definition) is 5. The largest absolute Gasteiger partial charge is 0.476 e. The van der Waals surface area contributed by atoms with Gasteiger partial charge in [-0.05, 0) is 12.1 Å². The summed E-state index contributed by atoms with van der Waals surface area (Å²) in [5, 5.41) is 0. The van der Waals surface area contributed by atoms with Crippen LogP contribution in [0.3, 0.4) is 0 Å². The topological polar surface area (TPSA) is 76.2 Å². The number of sulfonamides is 1. The quantitative estimate of drug-likeness (QED) is 0.769. The zero-order chi connectivity index (χ0) is 15.7. The average molecular weight is 326 g/mol. The average Bonchev–Trinajstić information content (AvgIpc) is 2.53. The molecule has 0 spiro atoms. The third-order valence-corrected chi connectivity index (χ3v) is 4.88. The number of morpholine rings is 1. The predicted molar refractivity (Wildman–Crippen MR) is 80.4 cm³/mol. The zero-order valence-corrected chi connectivity index (χ0v) is 13.1. The van der Waals surface area contributed by atoms with Gasteiger partial charge in [-0.2, -0.15) is 0 Å². The number of nitrogens with zero attached hydrogens (tertiary/aromatic N) is 2. The number of rotatable bonds is 2. The van der Waals surface area contributed by atoms with Crippen molar-refractivity contribution in [2.24, 2.45) is 0 Å². The Labute approximate surface area is 129 Å². The molecular formula is C14H18N2O5S. The molecule has 1 aromatic carbocycles. The van der Waals surface area contributed by atoms with Gasteiger partial charge in [0.2, 0.25) is 10.0 Å². The van der Waals surface area contributed by atoms with Crippen molar-refractivity contribution in [3.63, 3.8) is 0 Å². The van der Waals surface area contributed by atoms with Crippen LogP contribution < -0.4 is 9.04 Å². The molecule has 120 valence electrons. The summed E-state index contributed by atoms with van der Waals surface area (Å²) in [5.41, 5.74) is 0.469. The SMILES string of the molecule is CS(=O)(=O)N1C[C@@H](C(=O)N2CCOCC2)Oc2ccccc21. The summed E-state index contributed by atoms with van der Waals surface area (Å²) in [6, 6.07) is 6.84. The van der Waals surface area contributed by atoms with Crippen molar-refractivity contribution in [3.8, 4) is 5.75 Å². The summed E-state index contributed by atoms with van der Waals surface area (Å²) in [4.78, 5) is 14.2. The van der Waals surface area contributed by atoms with Crippen LogP contribution in [-0.4, -0.2) is 64.4 Å². The molecule has 1 fully saturated rings. The predicted octanol–water partition coefficient (Wildman–Crippen LogP) is 0.0724. The summed E-state index contributed by atoms with van der Waals surface area (Å²) in [6.45, 7) is 1.97. The summed E-state index contributed by atoms with van der Waals surface area (Å²) in [5.74, 6) is 0.206. The van der Waals surface area contributed by atoms with E-state index in [9.17, 15) is 13.2 Å². The second-order valence-corrected chi connectivity index (χ2v) is 7.21. The van der Waals surface area contributed by atoms with Crippen LogP contribution in [0.1, 0.15) is 0 Å². The van der Waals surface area contributed by atoms with Crippen molar-refractivity contribution in [2.45, 2.75) is 6.10 Å². The standard InChI is InChI=1S/C14H18N2O5S/c1-22(18,19)16-10-13(14(17)15-6-8-20-9-7-15)21-12-5-3-2-4-11(12)16/h2-5,13H,6-10H2,1H3/t13-/m0/s1. The Morgan fingerprint density at radius 1 is 1.23 bits per heavy atom. The minimum Gasteiger partial charge on any atom is -0.476 e. The van der Waals surface area contributed by atoms with Crippen LogP contribution in [0, 0.1) is 0 Å². The molecule has 2 aliphatic heterocycles. The van der Waals surface area contributed by atoms with Crippen LogP contribution in [0.5, 0.6) is 5.75 Å². The first-order chi connectivity index (χ1) is 10.5.